The number of hydrogen-bond acceptors (Lipinski definition) is 3. The first kappa shape index (κ1) is 16.1. The van der Waals surface area contributed by atoms with E-state index >= 15 is 0 Å². The monoisotopic (exact) mass is 319 g/mol. The van der Waals surface area contributed by atoms with E-state index in [4.69, 9.17) is 4.74 Å². The highest BCUT2D eigenvalue weighted by molar-refractivity contribution is 5.95. The van der Waals surface area contributed by atoms with Crippen molar-refractivity contribution in [1.82, 2.24) is 0 Å². The summed E-state index contributed by atoms with van der Waals surface area (Å²) in [6.45, 7) is 4.02. The third-order valence-electron chi connectivity index (χ3n) is 4.08. The third kappa shape index (κ3) is 3.74. The molecular formula is C21H21NO2. The van der Waals surface area contributed by atoms with Crippen molar-refractivity contribution < 1.29 is 9.53 Å². The van der Waals surface area contributed by atoms with Crippen LogP contribution in [0, 0.1) is 0 Å². The zero-order valence-corrected chi connectivity index (χ0v) is 13.8. The summed E-state index contributed by atoms with van der Waals surface area (Å²) in [6.07, 6.45) is 0. The maximum Gasteiger partial charge on any atom is 0.338 e. The van der Waals surface area contributed by atoms with Gasteiger partial charge in [-0.3, -0.25) is 0 Å². The molecule has 0 atom stereocenters. The molecule has 0 aliphatic rings. The molecule has 0 N–H and O–H groups in total. The van der Waals surface area contributed by atoms with Crippen LogP contribution in [0.5, 0.6) is 0 Å². The fourth-order valence-electron chi connectivity index (χ4n) is 2.76. The van der Waals surface area contributed by atoms with Crippen molar-refractivity contribution in [2.24, 2.45) is 0 Å². The Morgan fingerprint density at radius 3 is 2.38 bits per heavy atom. The van der Waals surface area contributed by atoms with E-state index in [0.717, 1.165) is 23.0 Å². The largest absolute Gasteiger partial charge is 0.460 e. The van der Waals surface area contributed by atoms with E-state index < -0.39 is 0 Å². The van der Waals surface area contributed by atoms with E-state index in [0.29, 0.717) is 18.7 Å². The van der Waals surface area contributed by atoms with Gasteiger partial charge in [-0.25, -0.2) is 4.79 Å². The van der Waals surface area contributed by atoms with Gasteiger partial charge in [-0.2, -0.15) is 0 Å². The standard InChI is InChI=1S/C21H21NO2/c1-2-22(20-10-4-3-5-11-20)14-15-24-21(23)19-13-12-17-8-6-7-9-18(17)16-19/h3-13,16H,2,14-15H2,1H3. The first-order valence-electron chi connectivity index (χ1n) is 8.24. The minimum absolute atomic E-state index is 0.273. The van der Waals surface area contributed by atoms with E-state index in [1.54, 1.807) is 0 Å². The summed E-state index contributed by atoms with van der Waals surface area (Å²) < 4.78 is 5.45. The van der Waals surface area contributed by atoms with Crippen molar-refractivity contribution in [2.75, 3.05) is 24.6 Å². The molecule has 0 saturated carbocycles. The van der Waals surface area contributed by atoms with Gasteiger partial charge in [0.05, 0.1) is 12.1 Å². The van der Waals surface area contributed by atoms with Crippen molar-refractivity contribution in [2.45, 2.75) is 6.92 Å². The highest BCUT2D eigenvalue weighted by atomic mass is 16.5. The summed E-state index contributed by atoms with van der Waals surface area (Å²) in [5.74, 6) is -0.273. The quantitative estimate of drug-likeness (QED) is 0.626. The van der Waals surface area contributed by atoms with Crippen molar-refractivity contribution in [3.8, 4) is 0 Å². The number of carbonyl (C=O) groups is 1. The highest BCUT2D eigenvalue weighted by Gasteiger charge is 2.09. The molecular weight excluding hydrogens is 298 g/mol. The molecule has 24 heavy (non-hydrogen) atoms. The molecule has 3 nitrogen and oxygen atoms in total. The molecule has 3 aromatic carbocycles. The van der Waals surface area contributed by atoms with Gasteiger partial charge in [0.1, 0.15) is 6.61 Å². The van der Waals surface area contributed by atoms with Crippen molar-refractivity contribution in [3.63, 3.8) is 0 Å². The Morgan fingerprint density at radius 2 is 1.62 bits per heavy atom. The molecule has 0 bridgehead atoms. The molecule has 0 saturated heterocycles. The lowest BCUT2D eigenvalue weighted by molar-refractivity contribution is 0.0515. The lowest BCUT2D eigenvalue weighted by Gasteiger charge is -2.22. The molecule has 0 aliphatic carbocycles. The lowest BCUT2D eigenvalue weighted by Crippen LogP contribution is -2.27. The van der Waals surface area contributed by atoms with Crippen molar-refractivity contribution >= 4 is 22.4 Å². The molecule has 0 radical (unpaired) electrons. The van der Waals surface area contributed by atoms with E-state index in [1.165, 1.54) is 0 Å². The Hall–Kier alpha value is -2.81. The number of benzene rings is 3. The van der Waals surface area contributed by atoms with Crippen LogP contribution in [0.25, 0.3) is 10.8 Å². The average molecular weight is 319 g/mol. The number of likely N-dealkylation sites (N-methyl/N-ethyl adjacent to an activating group) is 1. The van der Waals surface area contributed by atoms with Crippen LogP contribution in [-0.2, 0) is 4.74 Å². The van der Waals surface area contributed by atoms with E-state index in [2.05, 4.69) is 24.0 Å². The fraction of sp³-hybridized carbons (Fsp3) is 0.190. The number of hydrogen-bond donors (Lipinski definition) is 0. The number of nitrogens with zero attached hydrogens (tertiary/aromatic N) is 1. The number of ether oxygens (including phenoxy) is 1. The van der Waals surface area contributed by atoms with Crippen LogP contribution in [0.15, 0.2) is 72.8 Å². The van der Waals surface area contributed by atoms with Crippen molar-refractivity contribution in [1.29, 1.82) is 0 Å². The normalized spacial score (nSPS) is 10.5. The lowest BCUT2D eigenvalue weighted by atomic mass is 10.1. The Labute approximate surface area is 142 Å². The molecule has 0 aromatic heterocycles. The highest BCUT2D eigenvalue weighted by Crippen LogP contribution is 2.16. The number of esters is 1. The molecule has 0 amide bonds. The van der Waals surface area contributed by atoms with Crippen LogP contribution < -0.4 is 4.90 Å². The van der Waals surface area contributed by atoms with E-state index in [9.17, 15) is 4.79 Å². The smallest absolute Gasteiger partial charge is 0.338 e. The van der Waals surface area contributed by atoms with Gasteiger partial charge in [0.2, 0.25) is 0 Å². The molecule has 3 aromatic rings. The zero-order chi connectivity index (χ0) is 16.8. The number of rotatable bonds is 6. The van der Waals surface area contributed by atoms with Crippen LogP contribution in [-0.4, -0.2) is 25.7 Å². The van der Waals surface area contributed by atoms with Crippen LogP contribution in [0.4, 0.5) is 5.69 Å². The second kappa shape index (κ2) is 7.64. The molecule has 0 heterocycles. The minimum atomic E-state index is -0.273. The van der Waals surface area contributed by atoms with Gasteiger partial charge in [0.15, 0.2) is 0 Å². The molecule has 3 rings (SSSR count). The first-order chi connectivity index (χ1) is 11.8. The Kier molecular flexibility index (Phi) is 5.12. The van der Waals surface area contributed by atoms with Crippen LogP contribution in [0.1, 0.15) is 17.3 Å². The maximum absolute atomic E-state index is 12.3. The van der Waals surface area contributed by atoms with Crippen molar-refractivity contribution in [3.05, 3.63) is 78.4 Å². The Morgan fingerprint density at radius 1 is 0.917 bits per heavy atom. The molecule has 3 heteroatoms. The molecule has 0 aliphatic heterocycles. The van der Waals surface area contributed by atoms with Crippen LogP contribution in [0.2, 0.25) is 0 Å². The summed E-state index contributed by atoms with van der Waals surface area (Å²) in [4.78, 5) is 14.4. The van der Waals surface area contributed by atoms with E-state index in [1.807, 2.05) is 60.7 Å². The summed E-state index contributed by atoms with van der Waals surface area (Å²) in [5, 5.41) is 2.17. The number of para-hydroxylation sites is 1. The SMILES string of the molecule is CCN(CCOC(=O)c1ccc2ccccc2c1)c1ccccc1. The fourth-order valence-corrected chi connectivity index (χ4v) is 2.76. The summed E-state index contributed by atoms with van der Waals surface area (Å²) >= 11 is 0. The second-order valence-corrected chi connectivity index (χ2v) is 5.61. The third-order valence-corrected chi connectivity index (χ3v) is 4.08. The molecule has 0 spiro atoms. The topological polar surface area (TPSA) is 29.5 Å². The second-order valence-electron chi connectivity index (χ2n) is 5.61. The zero-order valence-electron chi connectivity index (χ0n) is 13.8. The van der Waals surface area contributed by atoms with Gasteiger partial charge >= 0.3 is 5.97 Å². The summed E-state index contributed by atoms with van der Waals surface area (Å²) in [5.41, 5.74) is 1.73. The van der Waals surface area contributed by atoms with Gasteiger partial charge in [-0.15, -0.1) is 0 Å². The molecule has 0 fully saturated rings. The Balaban J connectivity index is 1.60. The van der Waals surface area contributed by atoms with E-state index in [-0.39, 0.29) is 5.97 Å². The van der Waals surface area contributed by atoms with Crippen LogP contribution >= 0.6 is 0 Å². The number of fused-ring (bicyclic) bond motifs is 1. The number of carbonyl (C=O) groups excluding carboxylic acids is 1. The molecule has 122 valence electrons. The first-order valence-corrected chi connectivity index (χ1v) is 8.24. The predicted molar refractivity (Wildman–Crippen MR) is 98.6 cm³/mol. The van der Waals surface area contributed by atoms with Gasteiger partial charge in [0, 0.05) is 12.2 Å². The average Bonchev–Trinajstić information content (AvgIpc) is 2.65. The van der Waals surface area contributed by atoms with Gasteiger partial charge in [-0.05, 0) is 42.0 Å². The summed E-state index contributed by atoms with van der Waals surface area (Å²) in [6, 6.07) is 23.8. The summed E-state index contributed by atoms with van der Waals surface area (Å²) in [7, 11) is 0. The van der Waals surface area contributed by atoms with Crippen LogP contribution in [0.3, 0.4) is 0 Å². The van der Waals surface area contributed by atoms with Gasteiger partial charge in [-0.1, -0.05) is 48.5 Å². The number of anilines is 1. The van der Waals surface area contributed by atoms with Gasteiger partial charge < -0.3 is 9.64 Å². The van der Waals surface area contributed by atoms with Gasteiger partial charge in [0.25, 0.3) is 0 Å². The maximum atomic E-state index is 12.3. The predicted octanol–water partition coefficient (Wildman–Crippen LogP) is 4.52. The minimum Gasteiger partial charge on any atom is -0.460 e. The molecule has 0 unspecified atom stereocenters. The Bertz CT molecular complexity index is 814.